The summed E-state index contributed by atoms with van der Waals surface area (Å²) in [6.07, 6.45) is 4.16. The number of hydrogen-bond donors (Lipinski definition) is 2. The van der Waals surface area contributed by atoms with Crippen LogP contribution >= 0.6 is 0 Å². The highest BCUT2D eigenvalue weighted by Gasteiger charge is 2.11. The molecule has 2 aromatic rings. The van der Waals surface area contributed by atoms with Gasteiger partial charge in [-0.3, -0.25) is 9.78 Å². The fraction of sp³-hybridized carbons (Fsp3) is 0.200. The van der Waals surface area contributed by atoms with E-state index in [0.717, 1.165) is 5.56 Å². The Hall–Kier alpha value is -2.56. The van der Waals surface area contributed by atoms with E-state index >= 15 is 0 Å². The van der Waals surface area contributed by atoms with Crippen molar-refractivity contribution in [3.8, 4) is 11.5 Å². The number of rotatable bonds is 5. The summed E-state index contributed by atoms with van der Waals surface area (Å²) in [4.78, 5) is 15.9. The zero-order chi connectivity index (χ0) is 14.4. The number of carbonyl (C=O) groups excluding carboxylic acids is 1. The monoisotopic (exact) mass is 272 g/mol. The Morgan fingerprint density at radius 3 is 2.90 bits per heavy atom. The summed E-state index contributed by atoms with van der Waals surface area (Å²) in [6.45, 7) is 0.482. The van der Waals surface area contributed by atoms with Crippen molar-refractivity contribution >= 4 is 5.91 Å². The van der Waals surface area contributed by atoms with E-state index < -0.39 is 0 Å². The maximum Gasteiger partial charge on any atom is 0.255 e. The van der Waals surface area contributed by atoms with E-state index in [1.165, 1.54) is 19.2 Å². The molecule has 1 aromatic carbocycles. The lowest BCUT2D eigenvalue weighted by Crippen LogP contribution is -2.25. The van der Waals surface area contributed by atoms with Gasteiger partial charge in [-0.05, 0) is 30.2 Å². The molecule has 0 saturated carbocycles. The molecule has 0 spiro atoms. The van der Waals surface area contributed by atoms with Crippen LogP contribution in [-0.4, -0.2) is 29.7 Å². The molecule has 1 aromatic heterocycles. The van der Waals surface area contributed by atoms with Crippen molar-refractivity contribution in [2.45, 2.75) is 6.42 Å². The first-order valence-electron chi connectivity index (χ1n) is 6.25. The molecule has 5 nitrogen and oxygen atoms in total. The van der Waals surface area contributed by atoms with Gasteiger partial charge >= 0.3 is 0 Å². The molecule has 20 heavy (non-hydrogen) atoms. The van der Waals surface area contributed by atoms with Crippen LogP contribution < -0.4 is 10.1 Å². The van der Waals surface area contributed by atoms with Crippen LogP contribution in [-0.2, 0) is 6.42 Å². The van der Waals surface area contributed by atoms with Gasteiger partial charge in [-0.1, -0.05) is 6.07 Å². The number of aromatic hydroxyl groups is 1. The van der Waals surface area contributed by atoms with Gasteiger partial charge in [0, 0.05) is 25.0 Å². The van der Waals surface area contributed by atoms with Crippen molar-refractivity contribution < 1.29 is 14.6 Å². The van der Waals surface area contributed by atoms with E-state index in [-0.39, 0.29) is 17.2 Å². The number of nitrogens with zero attached hydrogens (tertiary/aromatic N) is 1. The highest BCUT2D eigenvalue weighted by atomic mass is 16.5. The SMILES string of the molecule is COc1ccc(C(=O)NCCc2cccnc2)c(O)c1. The molecular formula is C15H16N2O3. The number of methoxy groups -OCH3 is 1. The zero-order valence-corrected chi connectivity index (χ0v) is 11.2. The van der Waals surface area contributed by atoms with Gasteiger partial charge in [-0.15, -0.1) is 0 Å². The zero-order valence-electron chi connectivity index (χ0n) is 11.2. The highest BCUT2D eigenvalue weighted by molar-refractivity contribution is 5.96. The summed E-state index contributed by atoms with van der Waals surface area (Å²) in [5.41, 5.74) is 1.28. The van der Waals surface area contributed by atoms with Crippen LogP contribution in [0, 0.1) is 0 Å². The second-order valence-corrected chi connectivity index (χ2v) is 4.25. The first-order chi connectivity index (χ1) is 9.70. The van der Waals surface area contributed by atoms with Gasteiger partial charge in [-0.2, -0.15) is 0 Å². The minimum Gasteiger partial charge on any atom is -0.507 e. The Balaban J connectivity index is 1.92. The predicted molar refractivity (Wildman–Crippen MR) is 74.9 cm³/mol. The summed E-state index contributed by atoms with van der Waals surface area (Å²) in [7, 11) is 1.50. The van der Waals surface area contributed by atoms with E-state index in [4.69, 9.17) is 4.74 Å². The first kappa shape index (κ1) is 13.9. The molecule has 0 saturated heterocycles. The van der Waals surface area contributed by atoms with E-state index in [2.05, 4.69) is 10.3 Å². The minimum absolute atomic E-state index is 0.0942. The molecule has 0 fully saturated rings. The summed E-state index contributed by atoms with van der Waals surface area (Å²) in [6, 6.07) is 8.38. The van der Waals surface area contributed by atoms with E-state index in [1.807, 2.05) is 12.1 Å². The molecule has 0 aliphatic rings. The molecule has 5 heteroatoms. The summed E-state index contributed by atoms with van der Waals surface area (Å²) in [5.74, 6) is 0.103. The maximum atomic E-state index is 11.9. The molecule has 0 bridgehead atoms. The number of hydrogen-bond acceptors (Lipinski definition) is 4. The van der Waals surface area contributed by atoms with Crippen LogP contribution in [0.15, 0.2) is 42.7 Å². The largest absolute Gasteiger partial charge is 0.507 e. The molecule has 2 rings (SSSR count). The Labute approximate surface area is 117 Å². The predicted octanol–water partition coefficient (Wildman–Crippen LogP) is 1.77. The molecule has 1 amide bonds. The topological polar surface area (TPSA) is 71.5 Å². The molecule has 0 atom stereocenters. The van der Waals surface area contributed by atoms with E-state index in [9.17, 15) is 9.90 Å². The van der Waals surface area contributed by atoms with Crippen LogP contribution in [0.4, 0.5) is 0 Å². The van der Waals surface area contributed by atoms with Crippen molar-refractivity contribution in [3.63, 3.8) is 0 Å². The Kier molecular flexibility index (Phi) is 4.55. The smallest absolute Gasteiger partial charge is 0.255 e. The number of amides is 1. The molecular weight excluding hydrogens is 256 g/mol. The fourth-order valence-electron chi connectivity index (χ4n) is 1.79. The summed E-state index contributed by atoms with van der Waals surface area (Å²) < 4.78 is 4.97. The minimum atomic E-state index is -0.311. The van der Waals surface area contributed by atoms with E-state index in [1.54, 1.807) is 18.5 Å². The Bertz CT molecular complexity index is 585. The number of phenolic OH excluding ortho intramolecular Hbond substituents is 1. The second kappa shape index (κ2) is 6.56. The van der Waals surface area contributed by atoms with Gasteiger partial charge in [-0.25, -0.2) is 0 Å². The molecule has 0 aliphatic carbocycles. The third-order valence-corrected chi connectivity index (χ3v) is 2.87. The fourth-order valence-corrected chi connectivity index (χ4v) is 1.79. The van der Waals surface area contributed by atoms with Crippen molar-refractivity contribution in [1.29, 1.82) is 0 Å². The van der Waals surface area contributed by atoms with Gasteiger partial charge in [0.15, 0.2) is 0 Å². The van der Waals surface area contributed by atoms with Crippen LogP contribution in [0.3, 0.4) is 0 Å². The van der Waals surface area contributed by atoms with Gasteiger partial charge in [0.05, 0.1) is 12.7 Å². The van der Waals surface area contributed by atoms with Crippen LogP contribution in [0.1, 0.15) is 15.9 Å². The normalized spacial score (nSPS) is 10.1. The Morgan fingerprint density at radius 1 is 1.40 bits per heavy atom. The molecule has 104 valence electrons. The third kappa shape index (κ3) is 3.47. The number of aromatic nitrogens is 1. The van der Waals surface area contributed by atoms with Crippen LogP contribution in [0.2, 0.25) is 0 Å². The van der Waals surface area contributed by atoms with Crippen molar-refractivity contribution in [2.75, 3.05) is 13.7 Å². The molecule has 0 aliphatic heterocycles. The summed E-state index contributed by atoms with van der Waals surface area (Å²) >= 11 is 0. The van der Waals surface area contributed by atoms with Crippen molar-refractivity contribution in [1.82, 2.24) is 10.3 Å². The van der Waals surface area contributed by atoms with Crippen LogP contribution in [0.25, 0.3) is 0 Å². The number of pyridine rings is 1. The number of phenols is 1. The van der Waals surface area contributed by atoms with Crippen LogP contribution in [0.5, 0.6) is 11.5 Å². The number of ether oxygens (including phenoxy) is 1. The highest BCUT2D eigenvalue weighted by Crippen LogP contribution is 2.23. The number of carbonyl (C=O) groups is 1. The molecule has 0 unspecified atom stereocenters. The number of nitrogens with one attached hydrogen (secondary N) is 1. The van der Waals surface area contributed by atoms with Gasteiger partial charge < -0.3 is 15.2 Å². The standard InChI is InChI=1S/C15H16N2O3/c1-20-12-4-5-13(14(18)9-12)15(19)17-8-6-11-3-2-7-16-10-11/h2-5,7,9-10,18H,6,8H2,1H3,(H,17,19). The van der Waals surface area contributed by atoms with Crippen molar-refractivity contribution in [3.05, 3.63) is 53.9 Å². The Morgan fingerprint density at radius 2 is 2.25 bits per heavy atom. The lowest BCUT2D eigenvalue weighted by atomic mass is 10.1. The maximum absolute atomic E-state index is 11.9. The van der Waals surface area contributed by atoms with Gasteiger partial charge in [0.2, 0.25) is 0 Å². The van der Waals surface area contributed by atoms with Gasteiger partial charge in [0.25, 0.3) is 5.91 Å². The molecule has 0 radical (unpaired) electrons. The first-order valence-corrected chi connectivity index (χ1v) is 6.25. The lowest BCUT2D eigenvalue weighted by Gasteiger charge is -2.08. The quantitative estimate of drug-likeness (QED) is 0.870. The summed E-state index contributed by atoms with van der Waals surface area (Å²) in [5, 5.41) is 12.5. The average molecular weight is 272 g/mol. The van der Waals surface area contributed by atoms with Crippen molar-refractivity contribution in [2.24, 2.45) is 0 Å². The second-order valence-electron chi connectivity index (χ2n) is 4.25. The number of benzene rings is 1. The molecule has 2 N–H and O–H groups in total. The van der Waals surface area contributed by atoms with E-state index in [0.29, 0.717) is 18.7 Å². The average Bonchev–Trinajstić information content (AvgIpc) is 2.48. The van der Waals surface area contributed by atoms with Gasteiger partial charge in [0.1, 0.15) is 11.5 Å². The molecule has 1 heterocycles. The lowest BCUT2D eigenvalue weighted by molar-refractivity contribution is 0.0951. The third-order valence-electron chi connectivity index (χ3n) is 2.87.